The molecule has 0 saturated heterocycles. The molecule has 0 atom stereocenters. The summed E-state index contributed by atoms with van der Waals surface area (Å²) in [6.45, 7) is 1.87. The first kappa shape index (κ1) is 16.7. The SMILES string of the molecule is Cc1ccc(NC(=O)c2nn(CS(C)(=O)=O)nc2Cl)c(Cl)c1. The smallest absolute Gasteiger partial charge is 0.279 e. The van der Waals surface area contributed by atoms with Crippen LogP contribution < -0.4 is 5.32 Å². The van der Waals surface area contributed by atoms with Gasteiger partial charge in [-0.15, -0.1) is 10.2 Å². The normalized spacial score (nSPS) is 11.5. The minimum absolute atomic E-state index is 0.179. The Bertz CT molecular complexity index is 833. The van der Waals surface area contributed by atoms with Crippen molar-refractivity contribution < 1.29 is 13.2 Å². The fourth-order valence-corrected chi connectivity index (χ4v) is 2.67. The number of anilines is 1. The zero-order chi connectivity index (χ0) is 16.5. The number of sulfone groups is 1. The first-order valence-electron chi connectivity index (χ1n) is 6.01. The summed E-state index contributed by atoms with van der Waals surface area (Å²) in [5.41, 5.74) is 1.16. The number of halogens is 2. The molecule has 1 heterocycles. The molecule has 0 radical (unpaired) electrons. The number of carbonyl (C=O) groups is 1. The van der Waals surface area contributed by atoms with Gasteiger partial charge in [0, 0.05) is 6.26 Å². The van der Waals surface area contributed by atoms with Crippen LogP contribution in [-0.2, 0) is 15.7 Å². The molecule has 0 aliphatic carbocycles. The molecule has 2 aromatic rings. The number of nitrogens with zero attached hydrogens (tertiary/aromatic N) is 3. The van der Waals surface area contributed by atoms with Gasteiger partial charge in [0.1, 0.15) is 0 Å². The number of aromatic nitrogens is 3. The molecule has 1 amide bonds. The van der Waals surface area contributed by atoms with Crippen LogP contribution in [0.5, 0.6) is 0 Å². The van der Waals surface area contributed by atoms with Crippen molar-refractivity contribution in [3.8, 4) is 0 Å². The van der Waals surface area contributed by atoms with E-state index in [1.165, 1.54) is 0 Å². The van der Waals surface area contributed by atoms with Gasteiger partial charge < -0.3 is 5.32 Å². The summed E-state index contributed by atoms with van der Waals surface area (Å²) < 4.78 is 22.4. The van der Waals surface area contributed by atoms with Crippen molar-refractivity contribution in [3.63, 3.8) is 0 Å². The molecule has 0 fully saturated rings. The maximum atomic E-state index is 12.1. The number of nitrogens with one attached hydrogen (secondary N) is 1. The van der Waals surface area contributed by atoms with E-state index in [4.69, 9.17) is 23.2 Å². The molecule has 1 aromatic heterocycles. The second-order valence-electron chi connectivity index (χ2n) is 4.70. The number of hydrogen-bond donors (Lipinski definition) is 1. The summed E-state index contributed by atoms with van der Waals surface area (Å²) in [6.07, 6.45) is 1.02. The number of rotatable bonds is 4. The highest BCUT2D eigenvalue weighted by Crippen LogP contribution is 2.23. The van der Waals surface area contributed by atoms with Crippen molar-refractivity contribution in [2.75, 3.05) is 11.6 Å². The Morgan fingerprint density at radius 1 is 1.32 bits per heavy atom. The number of aryl methyl sites for hydroxylation is 1. The average molecular weight is 363 g/mol. The number of benzene rings is 1. The van der Waals surface area contributed by atoms with Crippen molar-refractivity contribution in [2.24, 2.45) is 0 Å². The summed E-state index contributed by atoms with van der Waals surface area (Å²) >= 11 is 11.8. The van der Waals surface area contributed by atoms with Gasteiger partial charge in [0.15, 0.2) is 26.6 Å². The lowest BCUT2D eigenvalue weighted by Crippen LogP contribution is -2.15. The average Bonchev–Trinajstić information content (AvgIpc) is 2.71. The Hall–Kier alpha value is -1.64. The molecular formula is C12H12Cl2N4O3S. The van der Waals surface area contributed by atoms with Gasteiger partial charge in [-0.3, -0.25) is 4.79 Å². The van der Waals surface area contributed by atoms with E-state index in [1.54, 1.807) is 18.2 Å². The predicted molar refractivity (Wildman–Crippen MR) is 84.0 cm³/mol. The van der Waals surface area contributed by atoms with Crippen molar-refractivity contribution in [3.05, 3.63) is 39.6 Å². The van der Waals surface area contributed by atoms with Crippen LogP contribution in [0.1, 0.15) is 16.1 Å². The van der Waals surface area contributed by atoms with E-state index in [2.05, 4.69) is 15.5 Å². The number of carbonyl (C=O) groups excluding carboxylic acids is 1. The third-order valence-corrected chi connectivity index (χ3v) is 3.82. The van der Waals surface area contributed by atoms with Gasteiger partial charge in [0.2, 0.25) is 0 Å². The van der Waals surface area contributed by atoms with Crippen molar-refractivity contribution in [1.29, 1.82) is 0 Å². The second kappa shape index (κ2) is 6.23. The largest absolute Gasteiger partial charge is 0.319 e. The quantitative estimate of drug-likeness (QED) is 0.898. The van der Waals surface area contributed by atoms with E-state index in [0.717, 1.165) is 16.6 Å². The predicted octanol–water partition coefficient (Wildman–Crippen LogP) is 2.15. The van der Waals surface area contributed by atoms with Crippen LogP contribution in [0.25, 0.3) is 0 Å². The molecule has 118 valence electrons. The summed E-state index contributed by atoms with van der Waals surface area (Å²) in [5.74, 6) is -1.10. The van der Waals surface area contributed by atoms with E-state index >= 15 is 0 Å². The van der Waals surface area contributed by atoms with Crippen LogP contribution >= 0.6 is 23.2 Å². The lowest BCUT2D eigenvalue weighted by molar-refractivity contribution is 0.102. The lowest BCUT2D eigenvalue weighted by atomic mass is 10.2. The molecular weight excluding hydrogens is 351 g/mol. The molecule has 0 aliphatic rings. The Morgan fingerprint density at radius 3 is 2.59 bits per heavy atom. The van der Waals surface area contributed by atoms with Crippen molar-refractivity contribution in [2.45, 2.75) is 12.8 Å². The Labute approximate surface area is 137 Å². The monoisotopic (exact) mass is 362 g/mol. The van der Waals surface area contributed by atoms with Crippen LogP contribution in [0, 0.1) is 6.92 Å². The molecule has 7 nitrogen and oxygen atoms in total. The Morgan fingerprint density at radius 2 is 2.00 bits per heavy atom. The van der Waals surface area contributed by atoms with Crippen LogP contribution in [0.15, 0.2) is 18.2 Å². The van der Waals surface area contributed by atoms with Gasteiger partial charge in [-0.2, -0.15) is 4.80 Å². The molecule has 0 saturated carbocycles. The Kier molecular flexibility index (Phi) is 4.74. The molecule has 0 aliphatic heterocycles. The lowest BCUT2D eigenvalue weighted by Gasteiger charge is -2.06. The highest BCUT2D eigenvalue weighted by Gasteiger charge is 2.19. The van der Waals surface area contributed by atoms with E-state index in [-0.39, 0.29) is 10.8 Å². The zero-order valence-electron chi connectivity index (χ0n) is 11.7. The third-order valence-electron chi connectivity index (χ3n) is 2.55. The van der Waals surface area contributed by atoms with Crippen molar-refractivity contribution in [1.82, 2.24) is 15.0 Å². The second-order valence-corrected chi connectivity index (χ2v) is 7.58. The summed E-state index contributed by atoms with van der Waals surface area (Å²) in [4.78, 5) is 13.0. The highest BCUT2D eigenvalue weighted by atomic mass is 35.5. The number of hydrogen-bond acceptors (Lipinski definition) is 5. The highest BCUT2D eigenvalue weighted by molar-refractivity contribution is 7.89. The van der Waals surface area contributed by atoms with Gasteiger partial charge in [0.25, 0.3) is 5.91 Å². The topological polar surface area (TPSA) is 94.0 Å². The van der Waals surface area contributed by atoms with Crippen LogP contribution in [-0.4, -0.2) is 35.6 Å². The molecule has 22 heavy (non-hydrogen) atoms. The third kappa shape index (κ3) is 4.19. The summed E-state index contributed by atoms with van der Waals surface area (Å²) in [5, 5.41) is 10.2. The van der Waals surface area contributed by atoms with Gasteiger partial charge in [0.05, 0.1) is 10.7 Å². The molecule has 0 unspecified atom stereocenters. The fraction of sp³-hybridized carbons (Fsp3) is 0.250. The van der Waals surface area contributed by atoms with Gasteiger partial charge in [-0.1, -0.05) is 29.3 Å². The minimum Gasteiger partial charge on any atom is -0.319 e. The standard InChI is InChI=1S/C12H12Cl2N4O3S/c1-7-3-4-9(8(13)5-7)15-12(19)10-11(14)17-18(16-10)6-22(2,20)21/h3-5H,6H2,1-2H3,(H,15,19). The van der Waals surface area contributed by atoms with Crippen LogP contribution in [0.4, 0.5) is 5.69 Å². The molecule has 1 aromatic carbocycles. The minimum atomic E-state index is -3.35. The summed E-state index contributed by atoms with van der Waals surface area (Å²) in [7, 11) is -3.35. The van der Waals surface area contributed by atoms with Gasteiger partial charge in [-0.05, 0) is 24.6 Å². The maximum absolute atomic E-state index is 12.1. The zero-order valence-corrected chi connectivity index (χ0v) is 14.0. The molecule has 0 spiro atoms. The molecule has 2 rings (SSSR count). The Balaban J connectivity index is 2.23. The molecule has 10 heteroatoms. The van der Waals surface area contributed by atoms with Crippen LogP contribution in [0.3, 0.4) is 0 Å². The van der Waals surface area contributed by atoms with Crippen LogP contribution in [0.2, 0.25) is 10.2 Å². The molecule has 1 N–H and O–H groups in total. The van der Waals surface area contributed by atoms with Crippen molar-refractivity contribution >= 4 is 44.6 Å². The fourth-order valence-electron chi connectivity index (χ4n) is 1.64. The first-order valence-corrected chi connectivity index (χ1v) is 8.83. The van der Waals surface area contributed by atoms with E-state index in [0.29, 0.717) is 10.7 Å². The maximum Gasteiger partial charge on any atom is 0.279 e. The van der Waals surface area contributed by atoms with Gasteiger partial charge in [-0.25, -0.2) is 8.42 Å². The van der Waals surface area contributed by atoms with E-state index in [9.17, 15) is 13.2 Å². The molecule has 0 bridgehead atoms. The van der Waals surface area contributed by atoms with E-state index in [1.807, 2.05) is 6.92 Å². The van der Waals surface area contributed by atoms with E-state index < -0.39 is 21.6 Å². The summed E-state index contributed by atoms with van der Waals surface area (Å²) in [6, 6.07) is 5.12. The number of amides is 1. The first-order chi connectivity index (χ1) is 10.2. The van der Waals surface area contributed by atoms with Gasteiger partial charge >= 0.3 is 0 Å².